The van der Waals surface area contributed by atoms with Crippen molar-refractivity contribution in [2.24, 2.45) is 0 Å². The number of anilines is 2. The number of carbonyl (C=O) groups excluding carboxylic acids is 3. The van der Waals surface area contributed by atoms with Crippen LogP contribution in [-0.4, -0.2) is 29.7 Å². The van der Waals surface area contributed by atoms with E-state index < -0.39 is 17.7 Å². The Morgan fingerprint density at radius 2 is 1.66 bits per heavy atom. The number of carbonyl (C=O) groups is 3. The highest BCUT2D eigenvalue weighted by Crippen LogP contribution is 2.29. The number of rotatable bonds is 6. The summed E-state index contributed by atoms with van der Waals surface area (Å²) in [5.41, 5.74) is 3.62. The van der Waals surface area contributed by atoms with Crippen molar-refractivity contribution in [3.8, 4) is 0 Å². The molecule has 198 valence electrons. The fraction of sp³-hybridized carbons (Fsp3) is 0.300. The van der Waals surface area contributed by atoms with E-state index in [1.807, 2.05) is 72.8 Å². The summed E-state index contributed by atoms with van der Waals surface area (Å²) in [5.74, 6) is -0.185. The summed E-state index contributed by atoms with van der Waals surface area (Å²) < 4.78 is 5.35. The van der Waals surface area contributed by atoms with Crippen molar-refractivity contribution in [1.82, 2.24) is 10.6 Å². The van der Waals surface area contributed by atoms with Crippen LogP contribution in [0.4, 0.5) is 21.0 Å². The lowest BCUT2D eigenvalue weighted by Gasteiger charge is -2.27. The molecule has 4 amide bonds. The minimum Gasteiger partial charge on any atom is -0.444 e. The van der Waals surface area contributed by atoms with Crippen molar-refractivity contribution in [2.45, 2.75) is 58.3 Å². The zero-order valence-electron chi connectivity index (χ0n) is 22.0. The molecule has 0 saturated heterocycles. The van der Waals surface area contributed by atoms with Crippen LogP contribution in [0.3, 0.4) is 0 Å². The van der Waals surface area contributed by atoms with E-state index in [0.717, 1.165) is 22.4 Å². The highest BCUT2D eigenvalue weighted by Gasteiger charge is 2.31. The maximum Gasteiger partial charge on any atom is 0.412 e. The van der Waals surface area contributed by atoms with Crippen LogP contribution >= 0.6 is 0 Å². The summed E-state index contributed by atoms with van der Waals surface area (Å²) >= 11 is 0. The highest BCUT2D eigenvalue weighted by molar-refractivity contribution is 6.00. The monoisotopic (exact) mass is 514 g/mol. The van der Waals surface area contributed by atoms with Crippen LogP contribution in [0.1, 0.15) is 43.9 Å². The maximum atomic E-state index is 13.7. The number of hydrogen-bond acceptors (Lipinski definition) is 4. The largest absolute Gasteiger partial charge is 0.444 e. The molecule has 1 unspecified atom stereocenters. The number of nitrogens with one attached hydrogen (secondary N) is 3. The Hall–Kier alpha value is -4.33. The van der Waals surface area contributed by atoms with Gasteiger partial charge in [0, 0.05) is 17.9 Å². The fourth-order valence-electron chi connectivity index (χ4n) is 4.35. The second-order valence-electron chi connectivity index (χ2n) is 10.3. The van der Waals surface area contributed by atoms with Crippen LogP contribution in [0.15, 0.2) is 78.9 Å². The summed E-state index contributed by atoms with van der Waals surface area (Å²) in [6.45, 7) is 6.06. The lowest BCUT2D eigenvalue weighted by atomic mass is 10.1. The molecule has 8 heteroatoms. The van der Waals surface area contributed by atoms with Gasteiger partial charge in [-0.3, -0.25) is 10.1 Å². The van der Waals surface area contributed by atoms with Gasteiger partial charge < -0.3 is 20.3 Å². The molecule has 3 aromatic carbocycles. The van der Waals surface area contributed by atoms with Crippen LogP contribution in [0, 0.1) is 0 Å². The van der Waals surface area contributed by atoms with Crippen LogP contribution in [-0.2, 0) is 29.0 Å². The van der Waals surface area contributed by atoms with Crippen molar-refractivity contribution in [3.05, 3.63) is 95.6 Å². The molecule has 0 fully saturated rings. The zero-order chi connectivity index (χ0) is 27.1. The van der Waals surface area contributed by atoms with Gasteiger partial charge in [-0.15, -0.1) is 0 Å². The number of nitrogens with zero attached hydrogens (tertiary/aromatic N) is 1. The van der Waals surface area contributed by atoms with E-state index in [9.17, 15) is 14.4 Å². The number of urea groups is 1. The van der Waals surface area contributed by atoms with Crippen LogP contribution in [0.5, 0.6) is 0 Å². The van der Waals surface area contributed by atoms with E-state index in [-0.39, 0.29) is 18.5 Å². The minimum atomic E-state index is -0.679. The smallest absolute Gasteiger partial charge is 0.412 e. The summed E-state index contributed by atoms with van der Waals surface area (Å²) in [6, 6.07) is 23.6. The average Bonchev–Trinajstić information content (AvgIpc) is 3.00. The van der Waals surface area contributed by atoms with Gasteiger partial charge in [-0.2, -0.15) is 0 Å². The zero-order valence-corrected chi connectivity index (χ0v) is 22.0. The fourth-order valence-corrected chi connectivity index (χ4v) is 4.35. The van der Waals surface area contributed by atoms with Gasteiger partial charge in [0.05, 0.1) is 6.54 Å². The molecular formula is C30H34N4O4. The molecule has 0 radical (unpaired) electrons. The Kier molecular flexibility index (Phi) is 8.31. The van der Waals surface area contributed by atoms with Crippen molar-refractivity contribution in [1.29, 1.82) is 0 Å². The SMILES string of the molecule is CC(C)(C)OC(=O)Nc1cccc(CN2C(=O)C(NC(=O)NCc3ccccc3)CCc3ccccc32)c1. The van der Waals surface area contributed by atoms with E-state index >= 15 is 0 Å². The third kappa shape index (κ3) is 7.35. The molecule has 1 atom stereocenters. The molecule has 0 bridgehead atoms. The van der Waals surface area contributed by atoms with E-state index in [1.54, 1.807) is 31.7 Å². The normalized spacial score (nSPS) is 15.2. The van der Waals surface area contributed by atoms with Gasteiger partial charge in [0.15, 0.2) is 0 Å². The van der Waals surface area contributed by atoms with Crippen LogP contribution in [0.25, 0.3) is 0 Å². The second kappa shape index (κ2) is 11.8. The summed E-state index contributed by atoms with van der Waals surface area (Å²) in [7, 11) is 0. The molecule has 3 N–H and O–H groups in total. The second-order valence-corrected chi connectivity index (χ2v) is 10.3. The molecule has 3 aromatic rings. The van der Waals surface area contributed by atoms with E-state index in [0.29, 0.717) is 25.1 Å². The molecule has 1 heterocycles. The Morgan fingerprint density at radius 1 is 0.947 bits per heavy atom. The van der Waals surface area contributed by atoms with Crippen molar-refractivity contribution in [3.63, 3.8) is 0 Å². The molecule has 1 aliphatic rings. The minimum absolute atomic E-state index is 0.185. The van der Waals surface area contributed by atoms with Gasteiger partial charge in [0.1, 0.15) is 11.6 Å². The molecule has 0 saturated carbocycles. The number of fused-ring (bicyclic) bond motifs is 1. The van der Waals surface area contributed by atoms with Gasteiger partial charge >= 0.3 is 12.1 Å². The van der Waals surface area contributed by atoms with Crippen molar-refractivity contribution >= 4 is 29.4 Å². The summed E-state index contributed by atoms with van der Waals surface area (Å²) in [4.78, 5) is 40.4. The first-order valence-corrected chi connectivity index (χ1v) is 12.7. The molecule has 0 aromatic heterocycles. The van der Waals surface area contributed by atoms with Gasteiger partial charge in [-0.05, 0) is 68.5 Å². The summed E-state index contributed by atoms with van der Waals surface area (Å²) in [5, 5.41) is 8.47. The predicted octanol–water partition coefficient (Wildman–Crippen LogP) is 5.38. The molecule has 0 aliphatic carbocycles. The number of ether oxygens (including phenoxy) is 1. The number of hydrogen-bond donors (Lipinski definition) is 3. The standard InChI is InChI=1S/C30H34N4O4/c1-30(2,3)38-29(37)32-24-14-9-12-22(18-24)20-34-26-15-8-7-13-23(26)16-17-25(27(34)35)33-28(36)31-19-21-10-5-4-6-11-21/h4-15,18,25H,16-17,19-20H2,1-3H3,(H,32,37)(H2,31,33,36). The van der Waals surface area contributed by atoms with Gasteiger partial charge in [-0.1, -0.05) is 60.7 Å². The van der Waals surface area contributed by atoms with Crippen molar-refractivity contribution in [2.75, 3.05) is 10.2 Å². The molecule has 1 aliphatic heterocycles. The van der Waals surface area contributed by atoms with Gasteiger partial charge in [0.2, 0.25) is 5.91 Å². The van der Waals surface area contributed by atoms with Crippen LogP contribution < -0.4 is 20.9 Å². The molecular weight excluding hydrogens is 480 g/mol. The Balaban J connectivity index is 1.49. The van der Waals surface area contributed by atoms with E-state index in [4.69, 9.17) is 4.74 Å². The first-order chi connectivity index (χ1) is 18.2. The summed E-state index contributed by atoms with van der Waals surface area (Å²) in [6.07, 6.45) is 0.602. The Bertz CT molecular complexity index is 1290. The van der Waals surface area contributed by atoms with E-state index in [2.05, 4.69) is 16.0 Å². The number of aryl methyl sites for hydroxylation is 1. The average molecular weight is 515 g/mol. The van der Waals surface area contributed by atoms with Gasteiger partial charge in [-0.25, -0.2) is 9.59 Å². The third-order valence-corrected chi connectivity index (χ3v) is 6.06. The lowest BCUT2D eigenvalue weighted by Crippen LogP contribution is -2.50. The quantitative estimate of drug-likeness (QED) is 0.411. The van der Waals surface area contributed by atoms with Crippen molar-refractivity contribution < 1.29 is 19.1 Å². The molecule has 0 spiro atoms. The Morgan fingerprint density at radius 3 is 2.42 bits per heavy atom. The van der Waals surface area contributed by atoms with Crippen LogP contribution in [0.2, 0.25) is 0 Å². The van der Waals surface area contributed by atoms with E-state index in [1.165, 1.54) is 0 Å². The number of benzene rings is 3. The highest BCUT2D eigenvalue weighted by atomic mass is 16.6. The number of amides is 4. The number of para-hydroxylation sites is 1. The maximum absolute atomic E-state index is 13.7. The third-order valence-electron chi connectivity index (χ3n) is 6.06. The molecule has 38 heavy (non-hydrogen) atoms. The first-order valence-electron chi connectivity index (χ1n) is 12.7. The molecule has 8 nitrogen and oxygen atoms in total. The topological polar surface area (TPSA) is 99.8 Å². The lowest BCUT2D eigenvalue weighted by molar-refractivity contribution is -0.120. The predicted molar refractivity (Wildman–Crippen MR) is 148 cm³/mol. The first kappa shape index (κ1) is 26.7. The molecule has 4 rings (SSSR count). The van der Waals surface area contributed by atoms with Gasteiger partial charge in [0.25, 0.3) is 0 Å². The Labute approximate surface area is 223 Å².